The van der Waals surface area contributed by atoms with Crippen LogP contribution in [0.4, 0.5) is 5.13 Å². The van der Waals surface area contributed by atoms with Gasteiger partial charge in [0.1, 0.15) is 0 Å². The second-order valence-corrected chi connectivity index (χ2v) is 13.4. The molecule has 0 radical (unpaired) electrons. The largest absolute Gasteiger partial charge is 0.308 e. The molecule has 4 rings (SSSR count). The summed E-state index contributed by atoms with van der Waals surface area (Å²) >= 11 is 1.51. The van der Waals surface area contributed by atoms with Crippen molar-refractivity contribution in [2.75, 3.05) is 45.2 Å². The third kappa shape index (κ3) is 6.52. The van der Waals surface area contributed by atoms with Gasteiger partial charge in [-0.25, -0.2) is 13.4 Å². The number of thiazole rings is 1. The third-order valence-corrected chi connectivity index (χ3v) is 9.51. The van der Waals surface area contributed by atoms with E-state index in [9.17, 15) is 13.2 Å². The number of halogens is 1. The predicted octanol–water partition coefficient (Wildman–Crippen LogP) is 5.21. The summed E-state index contributed by atoms with van der Waals surface area (Å²) in [6.45, 7) is 10.5. The fourth-order valence-electron chi connectivity index (χ4n) is 4.93. The Morgan fingerprint density at radius 1 is 1.05 bits per heavy atom. The first-order valence-electron chi connectivity index (χ1n) is 12.4. The lowest BCUT2D eigenvalue weighted by molar-refractivity contribution is 0.0985. The molecule has 202 valence electrons. The van der Waals surface area contributed by atoms with Crippen molar-refractivity contribution in [3.05, 3.63) is 53.1 Å². The normalized spacial score (nSPS) is 18.7. The molecular weight excluding hydrogens is 528 g/mol. The highest BCUT2D eigenvalue weighted by molar-refractivity contribution is 7.89. The van der Waals surface area contributed by atoms with Crippen molar-refractivity contribution in [3.8, 4) is 0 Å². The molecule has 10 heteroatoms. The standard InChI is InChI=1S/C27H36N4O3S2.ClH/c1-18-14-21(4)25-24(15-18)35-27(28-25)31(12-11-29(5)6)26(32)22-7-9-23(10-8-22)36(33,34)30-16-19(2)13-20(3)17-30;/h7-10,14-15,19-20H,11-13,16-17H2,1-6H3;1H. The van der Waals surface area contributed by atoms with Gasteiger partial charge in [0, 0.05) is 31.7 Å². The lowest BCUT2D eigenvalue weighted by Crippen LogP contribution is -2.42. The quantitative estimate of drug-likeness (QED) is 0.394. The first kappa shape index (κ1) is 29.5. The minimum absolute atomic E-state index is 0. The van der Waals surface area contributed by atoms with Crippen molar-refractivity contribution in [2.45, 2.75) is 39.0 Å². The fourth-order valence-corrected chi connectivity index (χ4v) is 7.78. The lowest BCUT2D eigenvalue weighted by Gasteiger charge is -2.34. The number of benzene rings is 2. The molecular formula is C27H37ClN4O3S2. The first-order valence-corrected chi connectivity index (χ1v) is 14.7. The van der Waals surface area contributed by atoms with Crippen molar-refractivity contribution in [1.82, 2.24) is 14.2 Å². The van der Waals surface area contributed by atoms with Gasteiger partial charge in [0.05, 0.1) is 15.1 Å². The number of amides is 1. The summed E-state index contributed by atoms with van der Waals surface area (Å²) in [6.07, 6.45) is 1.03. The van der Waals surface area contributed by atoms with E-state index in [4.69, 9.17) is 4.98 Å². The van der Waals surface area contributed by atoms with E-state index in [-0.39, 0.29) is 23.2 Å². The average molecular weight is 565 g/mol. The molecule has 1 aliphatic rings. The number of carbonyl (C=O) groups is 1. The molecule has 0 saturated carbocycles. The molecule has 2 atom stereocenters. The van der Waals surface area contributed by atoms with Gasteiger partial charge in [-0.15, -0.1) is 12.4 Å². The molecule has 1 saturated heterocycles. The zero-order chi connectivity index (χ0) is 26.2. The third-order valence-electron chi connectivity index (χ3n) is 6.64. The number of nitrogens with zero attached hydrogens (tertiary/aromatic N) is 4. The van der Waals surface area contributed by atoms with Gasteiger partial charge in [0.2, 0.25) is 10.0 Å². The van der Waals surface area contributed by atoms with Crippen LogP contribution >= 0.6 is 23.7 Å². The van der Waals surface area contributed by atoms with Crippen molar-refractivity contribution < 1.29 is 13.2 Å². The number of piperidine rings is 1. The van der Waals surface area contributed by atoms with E-state index in [0.717, 1.165) is 27.8 Å². The highest BCUT2D eigenvalue weighted by Crippen LogP contribution is 2.33. The van der Waals surface area contributed by atoms with Crippen LogP contribution < -0.4 is 4.90 Å². The van der Waals surface area contributed by atoms with E-state index in [0.29, 0.717) is 48.7 Å². The number of carbonyl (C=O) groups excluding carboxylic acids is 1. The van der Waals surface area contributed by atoms with Gasteiger partial charge in [-0.3, -0.25) is 9.69 Å². The van der Waals surface area contributed by atoms with Crippen LogP contribution in [-0.4, -0.2) is 68.8 Å². The molecule has 2 heterocycles. The number of likely N-dealkylation sites (N-methyl/N-ethyl adjacent to an activating group) is 1. The lowest BCUT2D eigenvalue weighted by atomic mass is 9.94. The second kappa shape index (κ2) is 11.8. The number of hydrogen-bond donors (Lipinski definition) is 0. The van der Waals surface area contributed by atoms with Gasteiger partial charge in [0.25, 0.3) is 5.91 Å². The molecule has 1 aliphatic heterocycles. The smallest absolute Gasteiger partial charge is 0.260 e. The van der Waals surface area contributed by atoms with Crippen LogP contribution in [-0.2, 0) is 10.0 Å². The van der Waals surface area contributed by atoms with Crippen molar-refractivity contribution >= 4 is 55.0 Å². The molecule has 1 fully saturated rings. The van der Waals surface area contributed by atoms with E-state index >= 15 is 0 Å². The zero-order valence-electron chi connectivity index (χ0n) is 22.4. The summed E-state index contributed by atoms with van der Waals surface area (Å²) < 4.78 is 29.2. The minimum atomic E-state index is -3.60. The average Bonchev–Trinajstić information content (AvgIpc) is 3.22. The van der Waals surface area contributed by atoms with Crippen molar-refractivity contribution in [2.24, 2.45) is 11.8 Å². The van der Waals surface area contributed by atoms with Gasteiger partial charge in [-0.2, -0.15) is 4.31 Å². The van der Waals surface area contributed by atoms with Crippen molar-refractivity contribution in [3.63, 3.8) is 0 Å². The molecule has 1 amide bonds. The monoisotopic (exact) mass is 564 g/mol. The highest BCUT2D eigenvalue weighted by Gasteiger charge is 2.32. The zero-order valence-corrected chi connectivity index (χ0v) is 24.8. The summed E-state index contributed by atoms with van der Waals surface area (Å²) in [7, 11) is 0.339. The highest BCUT2D eigenvalue weighted by atomic mass is 35.5. The Balaban J connectivity index is 0.00000380. The first-order chi connectivity index (χ1) is 17.0. The number of fused-ring (bicyclic) bond motifs is 1. The molecule has 3 aromatic rings. The summed E-state index contributed by atoms with van der Waals surface area (Å²) in [5.41, 5.74) is 3.61. The summed E-state index contributed by atoms with van der Waals surface area (Å²) in [5, 5.41) is 0.651. The Bertz CT molecular complexity index is 1350. The number of sulfonamides is 1. The van der Waals surface area contributed by atoms with Crippen LogP contribution in [0.25, 0.3) is 10.2 Å². The molecule has 7 nitrogen and oxygen atoms in total. The Morgan fingerprint density at radius 2 is 1.68 bits per heavy atom. The van der Waals surface area contributed by atoms with Crippen molar-refractivity contribution in [1.29, 1.82) is 0 Å². The van der Waals surface area contributed by atoms with E-state index in [1.807, 2.05) is 25.9 Å². The maximum Gasteiger partial charge on any atom is 0.260 e. The van der Waals surface area contributed by atoms with E-state index in [2.05, 4.69) is 32.9 Å². The van der Waals surface area contributed by atoms with Gasteiger partial charge < -0.3 is 4.90 Å². The van der Waals surface area contributed by atoms with Crippen LogP contribution in [0.5, 0.6) is 0 Å². The molecule has 0 bridgehead atoms. The Labute approximate surface area is 230 Å². The maximum absolute atomic E-state index is 13.6. The van der Waals surface area contributed by atoms with Crippen LogP contribution in [0, 0.1) is 25.7 Å². The number of aromatic nitrogens is 1. The topological polar surface area (TPSA) is 73.8 Å². The van der Waals surface area contributed by atoms with E-state index < -0.39 is 10.0 Å². The summed E-state index contributed by atoms with van der Waals surface area (Å²) in [4.78, 5) is 22.4. The molecule has 0 N–H and O–H groups in total. The molecule has 0 spiro atoms. The Hall–Kier alpha value is -2.04. The number of aryl methyl sites for hydroxylation is 2. The second-order valence-electron chi connectivity index (χ2n) is 10.5. The van der Waals surface area contributed by atoms with Gasteiger partial charge in [-0.1, -0.05) is 31.3 Å². The van der Waals surface area contributed by atoms with Crippen LogP contribution in [0.15, 0.2) is 41.3 Å². The number of anilines is 1. The van der Waals surface area contributed by atoms with E-state index in [1.54, 1.807) is 33.5 Å². The van der Waals surface area contributed by atoms with E-state index in [1.165, 1.54) is 11.3 Å². The molecule has 37 heavy (non-hydrogen) atoms. The maximum atomic E-state index is 13.6. The van der Waals surface area contributed by atoms with Crippen LogP contribution in [0.1, 0.15) is 41.8 Å². The van der Waals surface area contributed by atoms with Gasteiger partial charge >= 0.3 is 0 Å². The Kier molecular flexibility index (Phi) is 9.40. The van der Waals surface area contributed by atoms with Gasteiger partial charge in [-0.05, 0) is 87.7 Å². The molecule has 0 aliphatic carbocycles. The molecule has 2 aromatic carbocycles. The van der Waals surface area contributed by atoms with Crippen LogP contribution in [0.2, 0.25) is 0 Å². The number of rotatable bonds is 7. The molecule has 1 aromatic heterocycles. The Morgan fingerprint density at radius 3 is 2.27 bits per heavy atom. The van der Waals surface area contributed by atoms with Crippen LogP contribution in [0.3, 0.4) is 0 Å². The van der Waals surface area contributed by atoms with Gasteiger partial charge in [0.15, 0.2) is 5.13 Å². The summed E-state index contributed by atoms with van der Waals surface area (Å²) in [5.74, 6) is 0.473. The molecule has 2 unspecified atom stereocenters. The summed E-state index contributed by atoms with van der Waals surface area (Å²) in [6, 6.07) is 10.6. The fraction of sp³-hybridized carbons (Fsp3) is 0.481. The SMILES string of the molecule is Cc1cc(C)c2nc(N(CCN(C)C)C(=O)c3ccc(S(=O)(=O)N4CC(C)CC(C)C4)cc3)sc2c1.Cl. The minimum Gasteiger partial charge on any atom is -0.308 e. The number of hydrogen-bond acceptors (Lipinski definition) is 6. The predicted molar refractivity (Wildman–Crippen MR) is 155 cm³/mol.